The molecular weight excluding hydrogens is 234 g/mol. The SMILES string of the molecule is CCCNC1CCCC1CCS(=O)(=O)C(C)C. The van der Waals surface area contributed by atoms with E-state index in [1.54, 1.807) is 13.8 Å². The van der Waals surface area contributed by atoms with Crippen LogP contribution in [-0.4, -0.2) is 32.0 Å². The maximum absolute atomic E-state index is 11.8. The van der Waals surface area contributed by atoms with Crippen LogP contribution < -0.4 is 5.32 Å². The summed E-state index contributed by atoms with van der Waals surface area (Å²) in [6.07, 6.45) is 5.63. The second kappa shape index (κ2) is 6.74. The second-order valence-electron chi connectivity index (χ2n) is 5.46. The van der Waals surface area contributed by atoms with Crippen LogP contribution in [0.4, 0.5) is 0 Å². The molecule has 0 aromatic carbocycles. The molecule has 1 aliphatic carbocycles. The van der Waals surface area contributed by atoms with Gasteiger partial charge < -0.3 is 5.32 Å². The van der Waals surface area contributed by atoms with Gasteiger partial charge in [-0.1, -0.05) is 13.3 Å². The summed E-state index contributed by atoms with van der Waals surface area (Å²) in [4.78, 5) is 0. The summed E-state index contributed by atoms with van der Waals surface area (Å²) in [6, 6.07) is 0.553. The topological polar surface area (TPSA) is 46.2 Å². The Hall–Kier alpha value is -0.0900. The Morgan fingerprint density at radius 2 is 2.00 bits per heavy atom. The predicted octanol–water partition coefficient (Wildman–Crippen LogP) is 2.37. The van der Waals surface area contributed by atoms with Gasteiger partial charge >= 0.3 is 0 Å². The zero-order valence-corrected chi connectivity index (χ0v) is 12.2. The van der Waals surface area contributed by atoms with Crippen molar-refractivity contribution in [1.29, 1.82) is 0 Å². The lowest BCUT2D eigenvalue weighted by atomic mass is 10.0. The molecule has 0 aromatic rings. The molecule has 1 N–H and O–H groups in total. The molecule has 2 unspecified atom stereocenters. The molecule has 0 heterocycles. The number of sulfone groups is 1. The maximum Gasteiger partial charge on any atom is 0.152 e. The highest BCUT2D eigenvalue weighted by Gasteiger charge is 2.28. The van der Waals surface area contributed by atoms with E-state index in [2.05, 4.69) is 12.2 Å². The highest BCUT2D eigenvalue weighted by molar-refractivity contribution is 7.91. The third-order valence-corrected chi connectivity index (χ3v) is 6.05. The zero-order chi connectivity index (χ0) is 12.9. The molecule has 1 fully saturated rings. The molecule has 0 spiro atoms. The first kappa shape index (κ1) is 15.0. The fraction of sp³-hybridized carbons (Fsp3) is 1.00. The lowest BCUT2D eigenvalue weighted by Gasteiger charge is -2.21. The normalized spacial score (nSPS) is 25.6. The van der Waals surface area contributed by atoms with Crippen LogP contribution in [0, 0.1) is 5.92 Å². The van der Waals surface area contributed by atoms with Gasteiger partial charge in [-0.15, -0.1) is 0 Å². The summed E-state index contributed by atoms with van der Waals surface area (Å²) in [5, 5.41) is 3.32. The molecule has 2 atom stereocenters. The largest absolute Gasteiger partial charge is 0.314 e. The highest BCUT2D eigenvalue weighted by atomic mass is 32.2. The van der Waals surface area contributed by atoms with Crippen LogP contribution in [0.3, 0.4) is 0 Å². The monoisotopic (exact) mass is 261 g/mol. The molecule has 1 aliphatic rings. The average Bonchev–Trinajstić information content (AvgIpc) is 2.71. The summed E-state index contributed by atoms with van der Waals surface area (Å²) in [6.45, 7) is 6.77. The molecule has 3 nitrogen and oxygen atoms in total. The van der Waals surface area contributed by atoms with Gasteiger partial charge in [0.25, 0.3) is 0 Å². The first-order valence-corrected chi connectivity index (χ1v) is 8.64. The van der Waals surface area contributed by atoms with E-state index < -0.39 is 9.84 Å². The van der Waals surface area contributed by atoms with Crippen molar-refractivity contribution in [2.45, 2.75) is 64.2 Å². The first-order chi connectivity index (χ1) is 7.97. The zero-order valence-electron chi connectivity index (χ0n) is 11.4. The molecule has 4 heteroatoms. The molecule has 102 valence electrons. The van der Waals surface area contributed by atoms with Crippen molar-refractivity contribution >= 4 is 9.84 Å². The van der Waals surface area contributed by atoms with Gasteiger partial charge in [0.05, 0.1) is 11.0 Å². The van der Waals surface area contributed by atoms with Crippen LogP contribution in [-0.2, 0) is 9.84 Å². The lowest BCUT2D eigenvalue weighted by Crippen LogP contribution is -2.34. The molecule has 0 radical (unpaired) electrons. The van der Waals surface area contributed by atoms with E-state index in [1.807, 2.05) is 0 Å². The smallest absolute Gasteiger partial charge is 0.152 e. The van der Waals surface area contributed by atoms with Crippen molar-refractivity contribution in [3.8, 4) is 0 Å². The third-order valence-electron chi connectivity index (χ3n) is 3.81. The Morgan fingerprint density at radius 1 is 1.29 bits per heavy atom. The first-order valence-electron chi connectivity index (χ1n) is 6.92. The van der Waals surface area contributed by atoms with Crippen LogP contribution in [0.5, 0.6) is 0 Å². The number of hydrogen-bond donors (Lipinski definition) is 1. The van der Waals surface area contributed by atoms with Crippen LogP contribution in [0.15, 0.2) is 0 Å². The van der Waals surface area contributed by atoms with Gasteiger partial charge in [-0.05, 0) is 52.0 Å². The summed E-state index contributed by atoms with van der Waals surface area (Å²) in [5.41, 5.74) is 0. The minimum absolute atomic E-state index is 0.231. The summed E-state index contributed by atoms with van der Waals surface area (Å²) >= 11 is 0. The van der Waals surface area contributed by atoms with Crippen molar-refractivity contribution in [3.05, 3.63) is 0 Å². The van der Waals surface area contributed by atoms with Gasteiger partial charge in [0.1, 0.15) is 0 Å². The van der Waals surface area contributed by atoms with Crippen molar-refractivity contribution in [2.24, 2.45) is 5.92 Å². The minimum Gasteiger partial charge on any atom is -0.314 e. The lowest BCUT2D eigenvalue weighted by molar-refractivity contribution is 0.391. The Balaban J connectivity index is 2.40. The van der Waals surface area contributed by atoms with Gasteiger partial charge in [0.15, 0.2) is 9.84 Å². The molecular formula is C13H27NO2S. The Morgan fingerprint density at radius 3 is 2.59 bits per heavy atom. The van der Waals surface area contributed by atoms with Gasteiger partial charge in [-0.2, -0.15) is 0 Å². The fourth-order valence-corrected chi connectivity index (χ4v) is 3.63. The summed E-state index contributed by atoms with van der Waals surface area (Å²) < 4.78 is 23.6. The van der Waals surface area contributed by atoms with Crippen molar-refractivity contribution < 1.29 is 8.42 Å². The van der Waals surface area contributed by atoms with Crippen LogP contribution in [0.2, 0.25) is 0 Å². The van der Waals surface area contributed by atoms with E-state index in [4.69, 9.17) is 0 Å². The second-order valence-corrected chi connectivity index (χ2v) is 8.13. The van der Waals surface area contributed by atoms with E-state index in [-0.39, 0.29) is 5.25 Å². The third kappa shape index (κ3) is 4.59. The Kier molecular flexibility index (Phi) is 5.93. The standard InChI is InChI=1S/C13H27NO2S/c1-4-9-14-13-7-5-6-12(13)8-10-17(15,16)11(2)3/h11-14H,4-10H2,1-3H3. The van der Waals surface area contributed by atoms with Crippen LogP contribution in [0.25, 0.3) is 0 Å². The van der Waals surface area contributed by atoms with E-state index in [0.29, 0.717) is 17.7 Å². The van der Waals surface area contributed by atoms with Gasteiger partial charge in [-0.3, -0.25) is 0 Å². The molecule has 1 rings (SSSR count). The van der Waals surface area contributed by atoms with E-state index in [1.165, 1.54) is 19.3 Å². The van der Waals surface area contributed by atoms with Crippen molar-refractivity contribution in [3.63, 3.8) is 0 Å². The fourth-order valence-electron chi connectivity index (χ4n) is 2.53. The van der Waals surface area contributed by atoms with Gasteiger partial charge in [-0.25, -0.2) is 8.42 Å². The van der Waals surface area contributed by atoms with Gasteiger partial charge in [0, 0.05) is 6.04 Å². The maximum atomic E-state index is 11.8. The molecule has 0 aliphatic heterocycles. The average molecular weight is 261 g/mol. The van der Waals surface area contributed by atoms with Crippen molar-refractivity contribution in [2.75, 3.05) is 12.3 Å². The highest BCUT2D eigenvalue weighted by Crippen LogP contribution is 2.29. The Labute approximate surface area is 106 Å². The van der Waals surface area contributed by atoms with Crippen molar-refractivity contribution in [1.82, 2.24) is 5.32 Å². The van der Waals surface area contributed by atoms with E-state index >= 15 is 0 Å². The molecule has 0 amide bonds. The van der Waals surface area contributed by atoms with E-state index in [9.17, 15) is 8.42 Å². The summed E-state index contributed by atoms with van der Waals surface area (Å²) in [5.74, 6) is 0.926. The van der Waals surface area contributed by atoms with Crippen LogP contribution in [0.1, 0.15) is 52.9 Å². The molecule has 17 heavy (non-hydrogen) atoms. The number of nitrogens with one attached hydrogen (secondary N) is 1. The Bertz CT molecular complexity index is 311. The number of rotatable bonds is 7. The van der Waals surface area contributed by atoms with E-state index in [0.717, 1.165) is 19.4 Å². The van der Waals surface area contributed by atoms with Crippen LogP contribution >= 0.6 is 0 Å². The molecule has 1 saturated carbocycles. The molecule has 0 saturated heterocycles. The van der Waals surface area contributed by atoms with Gasteiger partial charge in [0.2, 0.25) is 0 Å². The number of hydrogen-bond acceptors (Lipinski definition) is 3. The predicted molar refractivity (Wildman–Crippen MR) is 73.0 cm³/mol. The summed E-state index contributed by atoms with van der Waals surface area (Å²) in [7, 11) is -2.86. The minimum atomic E-state index is -2.86. The quantitative estimate of drug-likeness (QED) is 0.765. The molecule has 0 bridgehead atoms. The molecule has 0 aromatic heterocycles.